The number of hydrogen-bond donors (Lipinski definition) is 2. The third-order valence-corrected chi connectivity index (χ3v) is 4.87. The van der Waals surface area contributed by atoms with Crippen molar-refractivity contribution in [3.8, 4) is 11.5 Å². The van der Waals surface area contributed by atoms with Crippen molar-refractivity contribution >= 4 is 6.03 Å². The van der Waals surface area contributed by atoms with Gasteiger partial charge in [0.25, 0.3) is 0 Å². The molecule has 0 unspecified atom stereocenters. The summed E-state index contributed by atoms with van der Waals surface area (Å²) < 4.78 is 10.7. The average Bonchev–Trinajstić information content (AvgIpc) is 3.26. The quantitative estimate of drug-likeness (QED) is 0.889. The molecule has 0 radical (unpaired) electrons. The minimum Gasteiger partial charge on any atom is -0.496 e. The second kappa shape index (κ2) is 6.28. The van der Waals surface area contributed by atoms with Crippen molar-refractivity contribution in [3.63, 3.8) is 0 Å². The molecule has 3 atom stereocenters. The summed E-state index contributed by atoms with van der Waals surface area (Å²) in [7, 11) is 3.16. The molecule has 1 aromatic rings. The first-order valence-electron chi connectivity index (χ1n) is 7.99. The maximum absolute atomic E-state index is 12.4. The standard InChI is InChI=1S/C17H24N2O4/c1-10-6-11(10)7-18-17(21)19-8-12-14(22-2)4-5-15(23-3)16(12)13(20)9-19/h4-5,10-11,13,20H,6-9H2,1-3H3,(H,18,21)/t10-,11+,13+/m1/s1. The van der Waals surface area contributed by atoms with Crippen LogP contribution in [0.5, 0.6) is 11.5 Å². The molecule has 126 valence electrons. The summed E-state index contributed by atoms with van der Waals surface area (Å²) in [5, 5.41) is 13.5. The van der Waals surface area contributed by atoms with Gasteiger partial charge >= 0.3 is 6.03 Å². The second-order valence-electron chi connectivity index (χ2n) is 6.42. The lowest BCUT2D eigenvalue weighted by Gasteiger charge is -2.34. The summed E-state index contributed by atoms with van der Waals surface area (Å²) in [6.45, 7) is 3.55. The Morgan fingerprint density at radius 2 is 2.00 bits per heavy atom. The van der Waals surface area contributed by atoms with Gasteiger partial charge in [0, 0.05) is 17.7 Å². The fraction of sp³-hybridized carbons (Fsp3) is 0.588. The third-order valence-electron chi connectivity index (χ3n) is 4.87. The third kappa shape index (κ3) is 3.08. The van der Waals surface area contributed by atoms with E-state index in [4.69, 9.17) is 9.47 Å². The lowest BCUT2D eigenvalue weighted by molar-refractivity contribution is 0.100. The van der Waals surface area contributed by atoms with Crippen LogP contribution >= 0.6 is 0 Å². The highest BCUT2D eigenvalue weighted by Gasteiger charge is 2.35. The summed E-state index contributed by atoms with van der Waals surface area (Å²) in [5.41, 5.74) is 1.52. The number of β-amino-alcohol motifs (C(OH)–C–C–N with tert-alkyl or cyclic N) is 1. The van der Waals surface area contributed by atoms with Crippen LogP contribution in [0.3, 0.4) is 0 Å². The molecule has 3 rings (SSSR count). The molecule has 2 N–H and O–H groups in total. The number of aliphatic hydroxyl groups excluding tert-OH is 1. The Kier molecular flexibility index (Phi) is 4.35. The Hall–Kier alpha value is -1.95. The zero-order valence-electron chi connectivity index (χ0n) is 13.8. The van der Waals surface area contributed by atoms with Crippen LogP contribution in [-0.4, -0.2) is 43.3 Å². The normalized spacial score (nSPS) is 25.6. The molecule has 23 heavy (non-hydrogen) atoms. The number of carbonyl (C=O) groups is 1. The molecule has 2 aliphatic rings. The molecule has 6 nitrogen and oxygen atoms in total. The predicted octanol–water partition coefficient (Wildman–Crippen LogP) is 1.92. The summed E-state index contributed by atoms with van der Waals surface area (Å²) in [6.07, 6.45) is 0.394. The van der Waals surface area contributed by atoms with Gasteiger partial charge in [-0.15, -0.1) is 0 Å². The number of urea groups is 1. The van der Waals surface area contributed by atoms with E-state index in [0.29, 0.717) is 42.0 Å². The van der Waals surface area contributed by atoms with E-state index in [2.05, 4.69) is 12.2 Å². The molecule has 0 saturated heterocycles. The van der Waals surface area contributed by atoms with Gasteiger partial charge in [-0.05, 0) is 30.4 Å². The zero-order chi connectivity index (χ0) is 16.6. The van der Waals surface area contributed by atoms with E-state index in [-0.39, 0.29) is 12.6 Å². The van der Waals surface area contributed by atoms with Gasteiger partial charge in [-0.2, -0.15) is 0 Å². The summed E-state index contributed by atoms with van der Waals surface area (Å²) in [4.78, 5) is 14.0. The number of nitrogens with one attached hydrogen (secondary N) is 1. The van der Waals surface area contributed by atoms with E-state index in [9.17, 15) is 9.90 Å². The van der Waals surface area contributed by atoms with Crippen LogP contribution < -0.4 is 14.8 Å². The van der Waals surface area contributed by atoms with Crippen molar-refractivity contribution in [1.29, 1.82) is 0 Å². The van der Waals surface area contributed by atoms with Crippen LogP contribution in [0.2, 0.25) is 0 Å². The van der Waals surface area contributed by atoms with Gasteiger partial charge in [0.1, 0.15) is 17.6 Å². The molecule has 1 fully saturated rings. The Morgan fingerprint density at radius 3 is 2.61 bits per heavy atom. The molecular formula is C17H24N2O4. The van der Waals surface area contributed by atoms with Crippen LogP contribution in [0, 0.1) is 11.8 Å². The average molecular weight is 320 g/mol. The van der Waals surface area contributed by atoms with Gasteiger partial charge in [0.2, 0.25) is 0 Å². The van der Waals surface area contributed by atoms with Gasteiger partial charge in [0.05, 0.1) is 27.3 Å². The fourth-order valence-corrected chi connectivity index (χ4v) is 3.24. The summed E-state index contributed by atoms with van der Waals surface area (Å²) >= 11 is 0. The smallest absolute Gasteiger partial charge is 0.317 e. The number of carbonyl (C=O) groups excluding carboxylic acids is 1. The van der Waals surface area contributed by atoms with E-state index in [0.717, 1.165) is 5.56 Å². The maximum Gasteiger partial charge on any atom is 0.317 e. The molecule has 0 aromatic heterocycles. The SMILES string of the molecule is COc1ccc(OC)c2c1CN(C(=O)NC[C@@H]1C[C@H]1C)C[C@@H]2O. The van der Waals surface area contributed by atoms with Crippen LogP contribution in [-0.2, 0) is 6.54 Å². The highest BCUT2D eigenvalue weighted by molar-refractivity contribution is 5.75. The molecule has 2 amide bonds. The summed E-state index contributed by atoms with van der Waals surface area (Å²) in [5.74, 6) is 2.58. The Labute approximate surface area is 136 Å². The number of benzene rings is 1. The lowest BCUT2D eigenvalue weighted by atomic mass is 9.95. The second-order valence-corrected chi connectivity index (χ2v) is 6.42. The molecule has 1 aliphatic carbocycles. The van der Waals surface area contributed by atoms with Gasteiger partial charge < -0.3 is 24.8 Å². The molecule has 0 spiro atoms. The number of ether oxygens (including phenoxy) is 2. The molecule has 1 heterocycles. The molecule has 0 bridgehead atoms. The molecule has 1 aromatic carbocycles. The number of nitrogens with zero attached hydrogens (tertiary/aromatic N) is 1. The predicted molar refractivity (Wildman–Crippen MR) is 85.6 cm³/mol. The highest BCUT2D eigenvalue weighted by atomic mass is 16.5. The largest absolute Gasteiger partial charge is 0.496 e. The van der Waals surface area contributed by atoms with Crippen molar-refractivity contribution in [2.45, 2.75) is 26.0 Å². The van der Waals surface area contributed by atoms with Crippen molar-refractivity contribution in [2.24, 2.45) is 11.8 Å². The first kappa shape index (κ1) is 15.9. The number of rotatable bonds is 4. The molecular weight excluding hydrogens is 296 g/mol. The fourth-order valence-electron chi connectivity index (χ4n) is 3.24. The summed E-state index contributed by atoms with van der Waals surface area (Å²) in [6, 6.07) is 3.45. The number of amides is 2. The number of methoxy groups -OCH3 is 2. The van der Waals surface area contributed by atoms with Crippen molar-refractivity contribution in [2.75, 3.05) is 27.3 Å². The number of aliphatic hydroxyl groups is 1. The van der Waals surface area contributed by atoms with Crippen LogP contribution in [0.1, 0.15) is 30.6 Å². The van der Waals surface area contributed by atoms with Gasteiger partial charge in [0.15, 0.2) is 0 Å². The van der Waals surface area contributed by atoms with Gasteiger partial charge in [-0.3, -0.25) is 0 Å². The van der Waals surface area contributed by atoms with E-state index < -0.39 is 6.10 Å². The molecule has 1 aliphatic heterocycles. The minimum atomic E-state index is -0.783. The maximum atomic E-state index is 12.4. The van der Waals surface area contributed by atoms with E-state index in [1.165, 1.54) is 6.42 Å². The van der Waals surface area contributed by atoms with Crippen molar-refractivity contribution in [1.82, 2.24) is 10.2 Å². The molecule has 1 saturated carbocycles. The Bertz CT molecular complexity index is 605. The highest BCUT2D eigenvalue weighted by Crippen LogP contribution is 2.39. The van der Waals surface area contributed by atoms with Crippen LogP contribution in [0.25, 0.3) is 0 Å². The molecule has 6 heteroatoms. The van der Waals surface area contributed by atoms with Crippen LogP contribution in [0.15, 0.2) is 12.1 Å². The zero-order valence-corrected chi connectivity index (χ0v) is 13.8. The Morgan fingerprint density at radius 1 is 1.35 bits per heavy atom. The van der Waals surface area contributed by atoms with Crippen molar-refractivity contribution in [3.05, 3.63) is 23.3 Å². The van der Waals surface area contributed by atoms with E-state index in [1.54, 1.807) is 31.3 Å². The monoisotopic (exact) mass is 320 g/mol. The topological polar surface area (TPSA) is 71.0 Å². The first-order valence-corrected chi connectivity index (χ1v) is 7.99. The van der Waals surface area contributed by atoms with Gasteiger partial charge in [-0.1, -0.05) is 6.92 Å². The van der Waals surface area contributed by atoms with E-state index in [1.807, 2.05) is 0 Å². The van der Waals surface area contributed by atoms with E-state index >= 15 is 0 Å². The number of fused-ring (bicyclic) bond motifs is 1. The Balaban J connectivity index is 1.77. The van der Waals surface area contributed by atoms with Gasteiger partial charge in [-0.25, -0.2) is 4.79 Å². The minimum absolute atomic E-state index is 0.140. The first-order chi connectivity index (χ1) is 11.0. The van der Waals surface area contributed by atoms with Crippen molar-refractivity contribution < 1.29 is 19.4 Å². The lowest BCUT2D eigenvalue weighted by Crippen LogP contribution is -2.45. The number of hydrogen-bond acceptors (Lipinski definition) is 4. The van der Waals surface area contributed by atoms with Crippen LogP contribution in [0.4, 0.5) is 4.79 Å².